The monoisotopic (exact) mass is 392 g/mol. The van der Waals surface area contributed by atoms with E-state index in [4.69, 9.17) is 5.11 Å². The Kier molecular flexibility index (Phi) is 5.36. The topological polar surface area (TPSA) is 77.8 Å². The molecule has 28 heavy (non-hydrogen) atoms. The lowest BCUT2D eigenvalue weighted by Gasteiger charge is -2.62. The molecule has 4 heteroatoms. The molecule has 0 bridgehead atoms. The Labute approximate surface area is 170 Å². The maximum Gasteiger partial charge on any atom is 0.303 e. The highest BCUT2D eigenvalue weighted by atomic mass is 16.4. The number of rotatable bonds is 4. The van der Waals surface area contributed by atoms with Crippen LogP contribution in [-0.4, -0.2) is 33.5 Å². The summed E-state index contributed by atoms with van der Waals surface area (Å²) >= 11 is 0. The first-order valence-electron chi connectivity index (χ1n) is 11.7. The summed E-state index contributed by atoms with van der Waals surface area (Å²) in [6, 6.07) is 0. The summed E-state index contributed by atoms with van der Waals surface area (Å²) in [4.78, 5) is 11.1. The minimum atomic E-state index is -0.684. The van der Waals surface area contributed by atoms with Gasteiger partial charge in [0.1, 0.15) is 0 Å². The second-order valence-corrected chi connectivity index (χ2v) is 11.4. The van der Waals surface area contributed by atoms with E-state index in [1.54, 1.807) is 0 Å². The van der Waals surface area contributed by atoms with Crippen molar-refractivity contribution in [1.29, 1.82) is 0 Å². The van der Waals surface area contributed by atoms with Gasteiger partial charge in [-0.2, -0.15) is 0 Å². The van der Waals surface area contributed by atoms with Gasteiger partial charge in [-0.1, -0.05) is 20.8 Å². The number of hydrogen-bond donors (Lipinski definition) is 3. The number of aliphatic carboxylic acids is 1. The van der Waals surface area contributed by atoms with Crippen LogP contribution in [0.3, 0.4) is 0 Å². The molecule has 0 aromatic rings. The smallest absolute Gasteiger partial charge is 0.303 e. The molecular weight excluding hydrogens is 352 g/mol. The van der Waals surface area contributed by atoms with Crippen LogP contribution in [0.25, 0.3) is 0 Å². The molecule has 0 spiro atoms. The van der Waals surface area contributed by atoms with Gasteiger partial charge in [0.15, 0.2) is 0 Å². The first-order chi connectivity index (χ1) is 13.2. The van der Waals surface area contributed by atoms with Crippen molar-refractivity contribution in [2.75, 3.05) is 0 Å². The van der Waals surface area contributed by atoms with Crippen LogP contribution in [0, 0.1) is 46.3 Å². The number of fused-ring (bicyclic) bond motifs is 5. The summed E-state index contributed by atoms with van der Waals surface area (Å²) < 4.78 is 0. The molecule has 3 N–H and O–H groups in total. The van der Waals surface area contributed by atoms with Crippen molar-refractivity contribution in [3.63, 3.8) is 0 Å². The van der Waals surface area contributed by atoms with Crippen molar-refractivity contribution in [3.8, 4) is 0 Å². The second-order valence-electron chi connectivity index (χ2n) is 11.4. The molecule has 4 rings (SSSR count). The van der Waals surface area contributed by atoms with Crippen LogP contribution in [-0.2, 0) is 4.79 Å². The molecule has 0 aromatic heterocycles. The predicted molar refractivity (Wildman–Crippen MR) is 109 cm³/mol. The van der Waals surface area contributed by atoms with Gasteiger partial charge in [-0.15, -0.1) is 0 Å². The molecular formula is C24H40O4. The van der Waals surface area contributed by atoms with E-state index in [0.717, 1.165) is 32.1 Å². The van der Waals surface area contributed by atoms with Gasteiger partial charge in [0.2, 0.25) is 0 Å². The number of carboxylic acids is 1. The van der Waals surface area contributed by atoms with Crippen molar-refractivity contribution in [2.45, 2.75) is 97.2 Å². The lowest BCUT2D eigenvalue weighted by molar-refractivity contribution is -0.174. The maximum absolute atomic E-state index is 11.2. The van der Waals surface area contributed by atoms with Gasteiger partial charge in [0, 0.05) is 6.42 Å². The number of aliphatic hydroxyl groups is 2. The molecule has 0 saturated heterocycles. The first-order valence-corrected chi connectivity index (χ1v) is 11.7. The Balaban J connectivity index is 1.55. The zero-order valence-electron chi connectivity index (χ0n) is 17.9. The summed E-state index contributed by atoms with van der Waals surface area (Å²) in [7, 11) is 0. The van der Waals surface area contributed by atoms with Gasteiger partial charge in [-0.3, -0.25) is 4.79 Å². The fraction of sp³-hybridized carbons (Fsp3) is 0.958. The van der Waals surface area contributed by atoms with Crippen molar-refractivity contribution in [3.05, 3.63) is 0 Å². The molecule has 4 nitrogen and oxygen atoms in total. The van der Waals surface area contributed by atoms with Crippen molar-refractivity contribution in [2.24, 2.45) is 46.3 Å². The normalized spacial score (nSPS) is 51.7. The molecule has 4 saturated carbocycles. The standard InChI is InChI=1S/C24H40O4/c1-14(4-7-21(27)28)17-5-6-18-22-19(9-11-24(17,18)3)23(2)10-8-16(25)12-15(23)13-20(22)26/h14-20,22,25-26H,4-13H2,1-3H3,(H,27,28)/t14?,15?,16-,17-,18+,19+,20+,22?,23+,24-/m1/s1. The van der Waals surface area contributed by atoms with Gasteiger partial charge in [-0.25, -0.2) is 0 Å². The molecule has 3 unspecified atom stereocenters. The molecule has 10 atom stereocenters. The van der Waals surface area contributed by atoms with Crippen molar-refractivity contribution < 1.29 is 20.1 Å². The van der Waals surface area contributed by atoms with E-state index < -0.39 is 5.97 Å². The van der Waals surface area contributed by atoms with Gasteiger partial charge >= 0.3 is 5.97 Å². The average Bonchev–Trinajstić information content (AvgIpc) is 2.98. The van der Waals surface area contributed by atoms with Gasteiger partial charge in [0.05, 0.1) is 12.2 Å². The Hall–Kier alpha value is -0.610. The van der Waals surface area contributed by atoms with E-state index in [-0.39, 0.29) is 29.5 Å². The summed E-state index contributed by atoms with van der Waals surface area (Å²) in [5.41, 5.74) is 0.523. The molecule has 4 aliphatic rings. The summed E-state index contributed by atoms with van der Waals surface area (Å²) in [6.07, 6.45) is 9.19. The Morgan fingerprint density at radius 1 is 1.00 bits per heavy atom. The van der Waals surface area contributed by atoms with Crippen molar-refractivity contribution >= 4 is 5.97 Å². The van der Waals surface area contributed by atoms with Crippen LogP contribution in [0.4, 0.5) is 0 Å². The van der Waals surface area contributed by atoms with E-state index in [2.05, 4.69) is 20.8 Å². The third-order valence-electron chi connectivity index (χ3n) is 10.2. The van der Waals surface area contributed by atoms with Crippen LogP contribution in [0.2, 0.25) is 0 Å². The number of aliphatic hydroxyl groups excluding tert-OH is 2. The van der Waals surface area contributed by atoms with Crippen LogP contribution < -0.4 is 0 Å². The lowest BCUT2D eigenvalue weighted by Crippen LogP contribution is -2.58. The number of hydrogen-bond acceptors (Lipinski definition) is 3. The van der Waals surface area contributed by atoms with Gasteiger partial charge in [0.25, 0.3) is 0 Å². The summed E-state index contributed by atoms with van der Waals surface area (Å²) in [6.45, 7) is 7.16. The molecule has 0 aromatic carbocycles. The van der Waals surface area contributed by atoms with Crippen LogP contribution in [0.5, 0.6) is 0 Å². The number of carboxylic acid groups (broad SMARTS) is 1. The fourth-order valence-electron chi connectivity index (χ4n) is 8.73. The van der Waals surface area contributed by atoms with Crippen LogP contribution in [0.1, 0.15) is 85.0 Å². The predicted octanol–water partition coefficient (Wildman–Crippen LogP) is 4.48. The Morgan fingerprint density at radius 3 is 2.39 bits per heavy atom. The third-order valence-corrected chi connectivity index (χ3v) is 10.2. The van der Waals surface area contributed by atoms with Gasteiger partial charge < -0.3 is 15.3 Å². The Morgan fingerprint density at radius 2 is 1.68 bits per heavy atom. The fourth-order valence-corrected chi connectivity index (χ4v) is 8.73. The minimum Gasteiger partial charge on any atom is -0.481 e. The lowest BCUT2D eigenvalue weighted by atomic mass is 9.43. The van der Waals surface area contributed by atoms with E-state index in [1.807, 2.05) is 0 Å². The third kappa shape index (κ3) is 3.14. The summed E-state index contributed by atoms with van der Waals surface area (Å²) in [5, 5.41) is 30.5. The van der Waals surface area contributed by atoms with Crippen LogP contribution in [0.15, 0.2) is 0 Å². The molecule has 0 heterocycles. The molecule has 0 aliphatic heterocycles. The molecule has 0 amide bonds. The maximum atomic E-state index is 11.2. The van der Waals surface area contributed by atoms with E-state index in [9.17, 15) is 15.0 Å². The Bertz CT molecular complexity index is 605. The van der Waals surface area contributed by atoms with Crippen molar-refractivity contribution in [1.82, 2.24) is 0 Å². The highest BCUT2D eigenvalue weighted by Crippen LogP contribution is 2.68. The molecule has 4 aliphatic carbocycles. The minimum absolute atomic E-state index is 0.179. The van der Waals surface area contributed by atoms with Crippen LogP contribution >= 0.6 is 0 Å². The highest BCUT2D eigenvalue weighted by molar-refractivity contribution is 5.66. The zero-order chi connectivity index (χ0) is 20.3. The van der Waals surface area contributed by atoms with Gasteiger partial charge in [-0.05, 0) is 104 Å². The van der Waals surface area contributed by atoms with E-state index in [1.165, 1.54) is 25.7 Å². The largest absolute Gasteiger partial charge is 0.481 e. The zero-order valence-corrected chi connectivity index (χ0v) is 17.9. The van der Waals surface area contributed by atoms with E-state index in [0.29, 0.717) is 35.5 Å². The first kappa shape index (κ1) is 20.7. The SMILES string of the molecule is CC(CCC(=O)O)[C@H]1CC[C@H]2C3[C@@H](O)CC4C[C@H](O)CC[C@]4(C)[C@H]3CC[C@]12C. The number of carbonyl (C=O) groups is 1. The molecule has 4 fully saturated rings. The second kappa shape index (κ2) is 7.27. The summed E-state index contributed by atoms with van der Waals surface area (Å²) in [5.74, 6) is 2.36. The average molecular weight is 393 g/mol. The highest BCUT2D eigenvalue weighted by Gasteiger charge is 2.62. The van der Waals surface area contributed by atoms with E-state index >= 15 is 0 Å². The quantitative estimate of drug-likeness (QED) is 0.659. The molecule has 160 valence electrons. The molecule has 0 radical (unpaired) electrons.